The average Bonchev–Trinajstić information content (AvgIpc) is 3.91. The molecule has 0 aliphatic rings. The Morgan fingerprint density at radius 3 is 2.00 bits per heavy atom. The SMILES string of the molecule is CC(C)c1cc(-c2ccccc2)cc(C(C)C)c1-n1c(-c2[c-]ccc3c2oc2cc4c(ccc5ccccc54)cc23)nc2ccccc21.[2H]C(C)(C)c1cc(-c2[c-]cccc2)nc[c]1[Ge]([CH3])([CH3])[CH3].[Ir]. The van der Waals surface area contributed by atoms with Crippen molar-refractivity contribution < 1.29 is 25.9 Å². The molecule has 8 aromatic carbocycles. The molecule has 0 unspecified atom stereocenters. The van der Waals surface area contributed by atoms with Crippen LogP contribution in [0, 0.1) is 12.1 Å². The van der Waals surface area contributed by atoms with E-state index in [1.165, 1.54) is 53.9 Å². The zero-order chi connectivity index (χ0) is 47.5. The Bertz CT molecular complexity index is 3630. The first-order chi connectivity index (χ1) is 32.7. The van der Waals surface area contributed by atoms with E-state index < -0.39 is 19.2 Å². The number of pyridine rings is 1. The number of rotatable bonds is 8. The second-order valence-electron chi connectivity index (χ2n) is 19.6. The first-order valence-corrected chi connectivity index (χ1v) is 30.9. The fraction of sp³-hybridized carbons (Fsp3) is 0.194. The number of aromatic nitrogens is 3. The van der Waals surface area contributed by atoms with Crippen LogP contribution in [0.1, 0.15) is 77.3 Å². The van der Waals surface area contributed by atoms with Crippen molar-refractivity contribution in [3.05, 3.63) is 193 Å². The summed E-state index contributed by atoms with van der Waals surface area (Å²) in [6, 6.07) is 62.3. The zero-order valence-corrected chi connectivity index (χ0v) is 44.8. The number of hydrogen-bond donors (Lipinski definition) is 0. The molecular formula is C62H57GeIrN3O-2. The second-order valence-corrected chi connectivity index (χ2v) is 30.2. The van der Waals surface area contributed by atoms with Crippen molar-refractivity contribution in [3.63, 3.8) is 0 Å². The first kappa shape index (κ1) is 45.7. The Hall–Kier alpha value is -6.11. The molecule has 1 radical (unpaired) electrons. The number of nitrogens with zero attached hydrogens (tertiary/aromatic N) is 3. The van der Waals surface area contributed by atoms with E-state index in [2.05, 4.69) is 194 Å². The predicted molar refractivity (Wildman–Crippen MR) is 287 cm³/mol. The summed E-state index contributed by atoms with van der Waals surface area (Å²) < 4.78 is 19.0. The van der Waals surface area contributed by atoms with Gasteiger partial charge in [-0.3, -0.25) is 4.98 Å². The molecule has 68 heavy (non-hydrogen) atoms. The molecular weight excluding hydrogens is 1070 g/mol. The van der Waals surface area contributed by atoms with Crippen molar-refractivity contribution in [3.8, 4) is 39.5 Å². The maximum atomic E-state index is 8.44. The first-order valence-electron chi connectivity index (χ1n) is 24.0. The summed E-state index contributed by atoms with van der Waals surface area (Å²) in [5.41, 5.74) is 13.8. The Morgan fingerprint density at radius 1 is 0.603 bits per heavy atom. The predicted octanol–water partition coefficient (Wildman–Crippen LogP) is 16.8. The minimum atomic E-state index is -2.03. The van der Waals surface area contributed by atoms with Gasteiger partial charge in [0.25, 0.3) is 0 Å². The largest absolute Gasteiger partial charge is 0 e. The normalized spacial score (nSPS) is 12.2. The molecule has 0 amide bonds. The second kappa shape index (κ2) is 19.1. The van der Waals surface area contributed by atoms with Crippen LogP contribution in [0.2, 0.25) is 17.3 Å². The van der Waals surface area contributed by atoms with Gasteiger partial charge in [-0.2, -0.15) is 0 Å². The number of fused-ring (bicyclic) bond motifs is 7. The van der Waals surface area contributed by atoms with Gasteiger partial charge in [-0.1, -0.05) is 118 Å². The maximum absolute atomic E-state index is 8.44. The van der Waals surface area contributed by atoms with Gasteiger partial charge in [0.15, 0.2) is 0 Å². The fourth-order valence-electron chi connectivity index (χ4n) is 9.61. The molecule has 0 spiro atoms. The van der Waals surface area contributed by atoms with Crippen LogP contribution in [-0.2, 0) is 20.1 Å². The van der Waals surface area contributed by atoms with E-state index in [-0.39, 0.29) is 31.9 Å². The van der Waals surface area contributed by atoms with E-state index in [1.807, 2.05) is 50.4 Å². The molecule has 0 atom stereocenters. The maximum Gasteiger partial charge on any atom is 0 e. The number of hydrogen-bond acceptors (Lipinski definition) is 3. The van der Waals surface area contributed by atoms with Gasteiger partial charge in [0.05, 0.1) is 22.4 Å². The van der Waals surface area contributed by atoms with Crippen LogP contribution >= 0.6 is 0 Å². The molecule has 3 heterocycles. The van der Waals surface area contributed by atoms with Crippen molar-refractivity contribution in [2.24, 2.45) is 0 Å². The summed E-state index contributed by atoms with van der Waals surface area (Å²) in [5.74, 6) is 7.85. The van der Waals surface area contributed by atoms with Gasteiger partial charge in [-0.25, -0.2) is 0 Å². The quantitative estimate of drug-likeness (QED) is 0.0865. The molecule has 6 heteroatoms. The van der Waals surface area contributed by atoms with E-state index in [1.54, 1.807) is 0 Å². The van der Waals surface area contributed by atoms with E-state index in [0.717, 1.165) is 61.2 Å². The Kier molecular flexibility index (Phi) is 12.8. The Morgan fingerprint density at radius 2 is 1.29 bits per heavy atom. The minimum Gasteiger partial charge on any atom is 0 e. The van der Waals surface area contributed by atoms with Gasteiger partial charge in [-0.15, -0.1) is 18.2 Å². The molecule has 0 aliphatic carbocycles. The number of furan rings is 1. The summed E-state index contributed by atoms with van der Waals surface area (Å²) in [6.07, 6.45) is 2.00. The van der Waals surface area contributed by atoms with Crippen LogP contribution in [-0.4, -0.2) is 27.8 Å². The van der Waals surface area contributed by atoms with E-state index in [9.17, 15) is 0 Å². The van der Waals surface area contributed by atoms with Gasteiger partial charge < -0.3 is 8.98 Å². The van der Waals surface area contributed by atoms with Crippen LogP contribution in [0.5, 0.6) is 0 Å². The van der Waals surface area contributed by atoms with E-state index >= 15 is 0 Å². The summed E-state index contributed by atoms with van der Waals surface area (Å²) in [4.78, 5) is 9.95. The molecule has 4 nitrogen and oxygen atoms in total. The molecule has 11 rings (SSSR count). The van der Waals surface area contributed by atoms with Crippen LogP contribution < -0.4 is 4.40 Å². The van der Waals surface area contributed by atoms with Gasteiger partial charge in [0, 0.05) is 31.2 Å². The number of benzene rings is 8. The van der Waals surface area contributed by atoms with Gasteiger partial charge >= 0.3 is 120 Å². The van der Waals surface area contributed by atoms with Gasteiger partial charge in [-0.05, 0) is 92.0 Å². The summed E-state index contributed by atoms with van der Waals surface area (Å²) in [7, 11) is 0. The van der Waals surface area contributed by atoms with Crippen molar-refractivity contribution in [1.82, 2.24) is 14.5 Å². The zero-order valence-electron chi connectivity index (χ0n) is 41.3. The van der Waals surface area contributed by atoms with E-state index in [0.29, 0.717) is 0 Å². The van der Waals surface area contributed by atoms with Crippen LogP contribution in [0.3, 0.4) is 0 Å². The van der Waals surface area contributed by atoms with Crippen LogP contribution in [0.25, 0.3) is 94.0 Å². The van der Waals surface area contributed by atoms with E-state index in [4.69, 9.17) is 10.8 Å². The van der Waals surface area contributed by atoms with Crippen molar-refractivity contribution in [2.75, 3.05) is 0 Å². The third kappa shape index (κ3) is 8.77. The molecule has 0 fully saturated rings. The van der Waals surface area contributed by atoms with Crippen molar-refractivity contribution in [1.29, 1.82) is 0 Å². The Labute approximate surface area is 418 Å². The molecule has 0 N–H and O–H groups in total. The van der Waals surface area contributed by atoms with Crippen molar-refractivity contribution in [2.45, 2.75) is 76.5 Å². The number of para-hydroxylation sites is 2. The van der Waals surface area contributed by atoms with Gasteiger partial charge in [0.1, 0.15) is 5.58 Å². The molecule has 0 saturated heterocycles. The topological polar surface area (TPSA) is 43.9 Å². The molecule has 0 bridgehead atoms. The summed E-state index contributed by atoms with van der Waals surface area (Å²) in [6.45, 7) is 13.1. The number of imidazole rings is 1. The monoisotopic (exact) mass is 1130 g/mol. The molecule has 0 saturated carbocycles. The van der Waals surface area contributed by atoms with Crippen LogP contribution in [0.4, 0.5) is 0 Å². The summed E-state index contributed by atoms with van der Waals surface area (Å²) in [5, 5.41) is 7.02. The third-order valence-corrected chi connectivity index (χ3v) is 17.3. The molecule has 3 aromatic heterocycles. The van der Waals surface area contributed by atoms with Crippen molar-refractivity contribution >= 4 is 72.2 Å². The summed E-state index contributed by atoms with van der Waals surface area (Å²) >= 11 is -2.03. The Balaban J connectivity index is 0.000000238. The third-order valence-electron chi connectivity index (χ3n) is 13.1. The molecule has 0 aliphatic heterocycles. The van der Waals surface area contributed by atoms with Gasteiger partial charge in [0.2, 0.25) is 0 Å². The average molecular weight is 1130 g/mol. The standard InChI is InChI=1S/C45H35N2O.C17H22GeN.Ir/c1-27(2)36-24-32(29-13-6-5-7-14-29)25-37(28(3)4)43(36)47-41-20-11-10-19-40(41)46-45(47)35-18-12-17-34-39-23-31-22-21-30-15-8-9-16-33(30)38(31)26-42(39)48-44(34)35;1-13(2)15-11-17(14-9-7-6-8-10-14)19-12-16(15)18(3,4)5;/h5-17,19-28H,1-4H3;6-9,11-13H,1-5H3;/q2*-1;/i;13D;. The molecule has 11 aromatic rings. The minimum absolute atomic E-state index is 0. The molecule has 341 valence electrons. The smallest absolute Gasteiger partial charge is 0 e. The van der Waals surface area contributed by atoms with Crippen LogP contribution in [0.15, 0.2) is 168 Å². The fourth-order valence-corrected chi connectivity index (χ4v) is 12.9.